The minimum atomic E-state index is -0.397. The van der Waals surface area contributed by atoms with Gasteiger partial charge < -0.3 is 0 Å². The average molecular weight is 184 g/mol. The van der Waals surface area contributed by atoms with Crippen LogP contribution in [0.5, 0.6) is 0 Å². The van der Waals surface area contributed by atoms with Crippen LogP contribution in [0.1, 0.15) is 23.7 Å². The van der Waals surface area contributed by atoms with Crippen molar-refractivity contribution >= 4 is 18.4 Å². The van der Waals surface area contributed by atoms with Crippen molar-refractivity contribution in [2.24, 2.45) is 0 Å². The van der Waals surface area contributed by atoms with Crippen LogP contribution < -0.4 is 0 Å². The first-order chi connectivity index (χ1) is 5.65. The molecule has 0 aliphatic carbocycles. The van der Waals surface area contributed by atoms with E-state index in [1.54, 1.807) is 6.92 Å². The minimum absolute atomic E-state index is 0.00491. The summed E-state index contributed by atoms with van der Waals surface area (Å²) in [6.45, 7) is 1.77. The first-order valence-corrected chi connectivity index (χ1v) is 4.11. The number of thiol groups is 1. The zero-order chi connectivity index (χ0) is 9.14. The molecule has 1 rings (SSSR count). The summed E-state index contributed by atoms with van der Waals surface area (Å²) in [5, 5.41) is 0. The van der Waals surface area contributed by atoms with E-state index in [1.165, 1.54) is 18.2 Å². The van der Waals surface area contributed by atoms with E-state index < -0.39 is 5.82 Å². The maximum absolute atomic E-state index is 12.7. The fourth-order valence-corrected chi connectivity index (χ4v) is 1.10. The molecule has 0 atom stereocenters. The van der Waals surface area contributed by atoms with Gasteiger partial charge in [0.15, 0.2) is 5.78 Å². The SMILES string of the molecule is CCC(=O)c1ccc(F)c(S)c1. The van der Waals surface area contributed by atoms with Gasteiger partial charge >= 0.3 is 0 Å². The molecule has 12 heavy (non-hydrogen) atoms. The number of Topliss-reactive ketones (excluding diaryl/α,β-unsaturated/α-hetero) is 1. The van der Waals surface area contributed by atoms with Crippen LogP contribution in [0.4, 0.5) is 4.39 Å². The molecular formula is C9H9FOS. The highest BCUT2D eigenvalue weighted by atomic mass is 32.1. The Morgan fingerprint density at radius 2 is 2.25 bits per heavy atom. The fraction of sp³-hybridized carbons (Fsp3) is 0.222. The topological polar surface area (TPSA) is 17.1 Å². The lowest BCUT2D eigenvalue weighted by atomic mass is 10.1. The van der Waals surface area contributed by atoms with Crippen molar-refractivity contribution in [1.29, 1.82) is 0 Å². The highest BCUT2D eigenvalue weighted by Crippen LogP contribution is 2.15. The number of carbonyl (C=O) groups excluding carboxylic acids is 1. The van der Waals surface area contributed by atoms with Gasteiger partial charge in [-0.3, -0.25) is 4.79 Å². The molecule has 0 aliphatic heterocycles. The summed E-state index contributed by atoms with van der Waals surface area (Å²) in [6, 6.07) is 4.18. The second-order valence-corrected chi connectivity index (χ2v) is 2.92. The van der Waals surface area contributed by atoms with Crippen LogP contribution in [0.3, 0.4) is 0 Å². The molecule has 0 spiro atoms. The maximum Gasteiger partial charge on any atom is 0.162 e. The molecule has 0 unspecified atom stereocenters. The third-order valence-electron chi connectivity index (χ3n) is 1.59. The molecule has 0 radical (unpaired) electrons. The summed E-state index contributed by atoms with van der Waals surface area (Å²) < 4.78 is 12.7. The van der Waals surface area contributed by atoms with Gasteiger partial charge in [0.05, 0.1) is 0 Å². The molecule has 0 saturated carbocycles. The number of carbonyl (C=O) groups is 1. The molecule has 0 bridgehead atoms. The van der Waals surface area contributed by atoms with E-state index in [-0.39, 0.29) is 10.7 Å². The Kier molecular flexibility index (Phi) is 2.87. The lowest BCUT2D eigenvalue weighted by Crippen LogP contribution is -1.96. The molecule has 0 aliphatic rings. The minimum Gasteiger partial charge on any atom is -0.294 e. The van der Waals surface area contributed by atoms with Crippen LogP contribution in [0.2, 0.25) is 0 Å². The van der Waals surface area contributed by atoms with Gasteiger partial charge in [0.25, 0.3) is 0 Å². The fourth-order valence-electron chi connectivity index (χ4n) is 0.890. The van der Waals surface area contributed by atoms with Gasteiger partial charge in [-0.05, 0) is 18.2 Å². The monoisotopic (exact) mass is 184 g/mol. The van der Waals surface area contributed by atoms with Crippen molar-refractivity contribution in [2.45, 2.75) is 18.2 Å². The molecule has 1 aromatic carbocycles. The predicted octanol–water partition coefficient (Wildman–Crippen LogP) is 2.71. The highest BCUT2D eigenvalue weighted by molar-refractivity contribution is 7.80. The highest BCUT2D eigenvalue weighted by Gasteiger charge is 2.05. The second kappa shape index (κ2) is 3.72. The number of hydrogen-bond donors (Lipinski definition) is 1. The molecular weight excluding hydrogens is 175 g/mol. The first kappa shape index (κ1) is 9.26. The zero-order valence-corrected chi connectivity index (χ0v) is 7.57. The van der Waals surface area contributed by atoms with Gasteiger partial charge in [0, 0.05) is 16.9 Å². The molecule has 1 nitrogen and oxygen atoms in total. The van der Waals surface area contributed by atoms with Gasteiger partial charge in [0.2, 0.25) is 0 Å². The Labute approximate surface area is 76.0 Å². The van der Waals surface area contributed by atoms with Gasteiger partial charge in [-0.2, -0.15) is 0 Å². The number of ketones is 1. The van der Waals surface area contributed by atoms with Crippen LogP contribution in [-0.4, -0.2) is 5.78 Å². The Balaban J connectivity index is 3.05. The lowest BCUT2D eigenvalue weighted by Gasteiger charge is -1.99. The average Bonchev–Trinajstić information content (AvgIpc) is 2.08. The van der Waals surface area contributed by atoms with Gasteiger partial charge in [-0.1, -0.05) is 6.92 Å². The summed E-state index contributed by atoms with van der Waals surface area (Å²) in [5.74, 6) is -0.392. The molecule has 0 amide bonds. The van der Waals surface area contributed by atoms with Crippen LogP contribution in [-0.2, 0) is 0 Å². The molecule has 1 aromatic rings. The summed E-state index contributed by atoms with van der Waals surface area (Å²) in [6.07, 6.45) is 0.429. The molecule has 64 valence electrons. The standard InChI is InChI=1S/C9H9FOS/c1-2-8(11)6-3-4-7(10)9(12)5-6/h3-5,12H,2H2,1H3. The largest absolute Gasteiger partial charge is 0.294 e. The Bertz CT molecular complexity index is 309. The van der Waals surface area contributed by atoms with Crippen LogP contribution >= 0.6 is 12.6 Å². The Hall–Kier alpha value is -0.830. The van der Waals surface area contributed by atoms with Gasteiger partial charge in [-0.25, -0.2) is 4.39 Å². The zero-order valence-electron chi connectivity index (χ0n) is 6.67. The number of hydrogen-bond acceptors (Lipinski definition) is 2. The third kappa shape index (κ3) is 1.85. The van der Waals surface area contributed by atoms with E-state index in [4.69, 9.17) is 0 Å². The first-order valence-electron chi connectivity index (χ1n) is 3.67. The van der Waals surface area contributed by atoms with Crippen molar-refractivity contribution in [3.05, 3.63) is 29.6 Å². The van der Waals surface area contributed by atoms with E-state index in [0.29, 0.717) is 12.0 Å². The van der Waals surface area contributed by atoms with Crippen molar-refractivity contribution < 1.29 is 9.18 Å². The van der Waals surface area contributed by atoms with Gasteiger partial charge in [0.1, 0.15) is 5.82 Å². The van der Waals surface area contributed by atoms with E-state index >= 15 is 0 Å². The molecule has 3 heteroatoms. The number of halogens is 1. The van der Waals surface area contributed by atoms with E-state index in [0.717, 1.165) is 0 Å². The maximum atomic E-state index is 12.7. The quantitative estimate of drug-likeness (QED) is 0.552. The van der Waals surface area contributed by atoms with Crippen LogP contribution in [0.15, 0.2) is 23.1 Å². The summed E-state index contributed by atoms with van der Waals surface area (Å²) in [4.78, 5) is 11.3. The van der Waals surface area contributed by atoms with Crippen molar-refractivity contribution in [1.82, 2.24) is 0 Å². The summed E-state index contributed by atoms with van der Waals surface area (Å²) in [7, 11) is 0. The number of rotatable bonds is 2. The summed E-state index contributed by atoms with van der Waals surface area (Å²) in [5.41, 5.74) is 0.518. The molecule has 0 saturated heterocycles. The second-order valence-electron chi connectivity index (χ2n) is 2.44. The van der Waals surface area contributed by atoms with E-state index in [9.17, 15) is 9.18 Å². The van der Waals surface area contributed by atoms with Crippen molar-refractivity contribution in [3.63, 3.8) is 0 Å². The normalized spacial score (nSPS) is 9.92. The molecule has 0 aromatic heterocycles. The van der Waals surface area contributed by atoms with E-state index in [2.05, 4.69) is 12.6 Å². The van der Waals surface area contributed by atoms with Crippen LogP contribution in [0, 0.1) is 5.82 Å². The molecule has 0 N–H and O–H groups in total. The third-order valence-corrected chi connectivity index (χ3v) is 1.93. The smallest absolute Gasteiger partial charge is 0.162 e. The molecule has 0 fully saturated rings. The van der Waals surface area contributed by atoms with Crippen molar-refractivity contribution in [3.8, 4) is 0 Å². The molecule has 0 heterocycles. The van der Waals surface area contributed by atoms with E-state index in [1.807, 2.05) is 0 Å². The Morgan fingerprint density at radius 3 is 2.75 bits per heavy atom. The summed E-state index contributed by atoms with van der Waals surface area (Å²) >= 11 is 3.87. The van der Waals surface area contributed by atoms with Crippen LogP contribution in [0.25, 0.3) is 0 Å². The van der Waals surface area contributed by atoms with Gasteiger partial charge in [-0.15, -0.1) is 12.6 Å². The number of benzene rings is 1. The predicted molar refractivity (Wildman–Crippen MR) is 48.3 cm³/mol. The Morgan fingerprint density at radius 1 is 1.58 bits per heavy atom. The lowest BCUT2D eigenvalue weighted by molar-refractivity contribution is 0.0988. The van der Waals surface area contributed by atoms with Crippen molar-refractivity contribution in [2.75, 3.05) is 0 Å².